The molecule has 0 spiro atoms. The zero-order valence-corrected chi connectivity index (χ0v) is 10.2. The van der Waals surface area contributed by atoms with Crippen molar-refractivity contribution in [2.45, 2.75) is 31.1 Å². The molecule has 84 valence electrons. The third-order valence-electron chi connectivity index (χ3n) is 2.21. The molecule has 0 radical (unpaired) electrons. The van der Waals surface area contributed by atoms with Crippen molar-refractivity contribution in [3.8, 4) is 6.07 Å². The Hall–Kier alpha value is -1.27. The number of benzene rings is 1. The lowest BCUT2D eigenvalue weighted by atomic mass is 10.2. The van der Waals surface area contributed by atoms with E-state index in [1.54, 1.807) is 18.7 Å². The van der Waals surface area contributed by atoms with E-state index in [1.165, 1.54) is 4.90 Å². The molecule has 0 aliphatic rings. The number of unbranched alkanes of at least 4 members (excludes halogenated alkanes) is 2. The summed E-state index contributed by atoms with van der Waals surface area (Å²) in [5.74, 6) is 1.13. The maximum absolute atomic E-state index is 11.1. The third kappa shape index (κ3) is 4.50. The molecule has 1 aromatic rings. The van der Waals surface area contributed by atoms with Gasteiger partial charge in [-0.1, -0.05) is 12.1 Å². The standard InChI is InChI=1S/C13H15NOS/c1-11(15)12-5-7-13(8-6-12)16-10-4-2-3-9-14/h5-8H,2-4,10H2,1H3. The number of hydrogen-bond acceptors (Lipinski definition) is 3. The number of carbonyl (C=O) groups excluding carboxylic acids is 1. The molecular formula is C13H15NOS. The van der Waals surface area contributed by atoms with E-state index in [1.807, 2.05) is 24.3 Å². The summed E-state index contributed by atoms with van der Waals surface area (Å²) in [6, 6.07) is 9.82. The van der Waals surface area contributed by atoms with Gasteiger partial charge in [0.1, 0.15) is 0 Å². The summed E-state index contributed by atoms with van der Waals surface area (Å²) in [4.78, 5) is 12.2. The largest absolute Gasteiger partial charge is 0.295 e. The van der Waals surface area contributed by atoms with Gasteiger partial charge < -0.3 is 0 Å². The summed E-state index contributed by atoms with van der Waals surface area (Å²) in [5.41, 5.74) is 0.758. The fraction of sp³-hybridized carbons (Fsp3) is 0.385. The first-order chi connectivity index (χ1) is 7.74. The van der Waals surface area contributed by atoms with E-state index in [2.05, 4.69) is 6.07 Å². The van der Waals surface area contributed by atoms with E-state index < -0.39 is 0 Å². The molecule has 0 saturated carbocycles. The van der Waals surface area contributed by atoms with E-state index in [-0.39, 0.29) is 5.78 Å². The molecule has 0 heterocycles. The quantitative estimate of drug-likeness (QED) is 0.427. The van der Waals surface area contributed by atoms with Gasteiger partial charge in [-0.3, -0.25) is 4.79 Å². The fourth-order valence-corrected chi connectivity index (χ4v) is 2.19. The van der Waals surface area contributed by atoms with Crippen molar-refractivity contribution in [1.29, 1.82) is 5.26 Å². The lowest BCUT2D eigenvalue weighted by Crippen LogP contribution is -1.90. The number of rotatable bonds is 6. The Balaban J connectivity index is 2.33. The van der Waals surface area contributed by atoms with Crippen molar-refractivity contribution < 1.29 is 4.79 Å². The smallest absolute Gasteiger partial charge is 0.159 e. The molecule has 0 fully saturated rings. The summed E-state index contributed by atoms with van der Waals surface area (Å²) in [5, 5.41) is 8.38. The predicted molar refractivity (Wildman–Crippen MR) is 66.6 cm³/mol. The lowest BCUT2D eigenvalue weighted by Gasteiger charge is -2.01. The van der Waals surface area contributed by atoms with Gasteiger partial charge in [-0.15, -0.1) is 11.8 Å². The highest BCUT2D eigenvalue weighted by molar-refractivity contribution is 7.99. The zero-order chi connectivity index (χ0) is 11.8. The minimum absolute atomic E-state index is 0.102. The van der Waals surface area contributed by atoms with Crippen LogP contribution in [0.25, 0.3) is 0 Å². The van der Waals surface area contributed by atoms with Crippen LogP contribution in [-0.4, -0.2) is 11.5 Å². The van der Waals surface area contributed by atoms with Crippen LogP contribution in [0.2, 0.25) is 0 Å². The van der Waals surface area contributed by atoms with Crippen LogP contribution in [0, 0.1) is 11.3 Å². The Kier molecular flexibility index (Phi) is 5.66. The summed E-state index contributed by atoms with van der Waals surface area (Å²) in [6.45, 7) is 1.57. The molecular weight excluding hydrogens is 218 g/mol. The molecule has 0 unspecified atom stereocenters. The predicted octanol–water partition coefficient (Wildman–Crippen LogP) is 3.68. The summed E-state index contributed by atoms with van der Waals surface area (Å²) >= 11 is 1.77. The Bertz CT molecular complexity index is 378. The highest BCUT2D eigenvalue weighted by atomic mass is 32.2. The molecule has 0 aliphatic heterocycles. The second-order valence-electron chi connectivity index (χ2n) is 3.54. The zero-order valence-electron chi connectivity index (χ0n) is 9.40. The summed E-state index contributed by atoms with van der Waals surface area (Å²) < 4.78 is 0. The number of Topliss-reactive ketones (excluding diaryl/α,β-unsaturated/α-hetero) is 1. The van der Waals surface area contributed by atoms with E-state index in [4.69, 9.17) is 5.26 Å². The molecule has 2 nitrogen and oxygen atoms in total. The van der Waals surface area contributed by atoms with Crippen molar-refractivity contribution in [2.75, 3.05) is 5.75 Å². The number of ketones is 1. The highest BCUT2D eigenvalue weighted by Gasteiger charge is 1.99. The normalized spacial score (nSPS) is 9.75. The second kappa shape index (κ2) is 7.08. The van der Waals surface area contributed by atoms with Crippen LogP contribution in [0.5, 0.6) is 0 Å². The first-order valence-electron chi connectivity index (χ1n) is 5.35. The van der Waals surface area contributed by atoms with Gasteiger partial charge in [0, 0.05) is 16.9 Å². The molecule has 0 atom stereocenters. The second-order valence-corrected chi connectivity index (χ2v) is 4.71. The van der Waals surface area contributed by atoms with Gasteiger partial charge in [-0.05, 0) is 37.7 Å². The van der Waals surface area contributed by atoms with Gasteiger partial charge in [0.2, 0.25) is 0 Å². The van der Waals surface area contributed by atoms with Crippen LogP contribution in [-0.2, 0) is 0 Å². The molecule has 0 N–H and O–H groups in total. The van der Waals surface area contributed by atoms with Gasteiger partial charge in [0.05, 0.1) is 6.07 Å². The lowest BCUT2D eigenvalue weighted by molar-refractivity contribution is 0.101. The van der Waals surface area contributed by atoms with Crippen molar-refractivity contribution in [3.05, 3.63) is 29.8 Å². The molecule has 0 aliphatic carbocycles. The van der Waals surface area contributed by atoms with E-state index in [0.717, 1.165) is 24.2 Å². The average molecular weight is 233 g/mol. The molecule has 0 aromatic heterocycles. The van der Waals surface area contributed by atoms with Crippen molar-refractivity contribution in [3.63, 3.8) is 0 Å². The number of nitriles is 1. The molecule has 16 heavy (non-hydrogen) atoms. The van der Waals surface area contributed by atoms with Crippen molar-refractivity contribution in [1.82, 2.24) is 0 Å². The maximum atomic E-state index is 11.1. The van der Waals surface area contributed by atoms with Crippen molar-refractivity contribution in [2.24, 2.45) is 0 Å². The molecule has 0 saturated heterocycles. The van der Waals surface area contributed by atoms with Gasteiger partial charge >= 0.3 is 0 Å². The number of carbonyl (C=O) groups is 1. The summed E-state index contributed by atoms with van der Waals surface area (Å²) in [7, 11) is 0. The minimum atomic E-state index is 0.102. The number of hydrogen-bond donors (Lipinski definition) is 0. The topological polar surface area (TPSA) is 40.9 Å². The van der Waals surface area contributed by atoms with E-state index in [9.17, 15) is 4.79 Å². The average Bonchev–Trinajstić information content (AvgIpc) is 2.29. The molecule has 1 aromatic carbocycles. The molecule has 0 bridgehead atoms. The Morgan fingerprint density at radius 1 is 1.31 bits per heavy atom. The van der Waals surface area contributed by atoms with E-state index in [0.29, 0.717) is 6.42 Å². The van der Waals surface area contributed by atoms with Crippen LogP contribution in [0.15, 0.2) is 29.2 Å². The molecule has 3 heteroatoms. The number of thioether (sulfide) groups is 1. The first kappa shape index (κ1) is 12.8. The van der Waals surface area contributed by atoms with Crippen LogP contribution < -0.4 is 0 Å². The minimum Gasteiger partial charge on any atom is -0.295 e. The van der Waals surface area contributed by atoms with E-state index >= 15 is 0 Å². The van der Waals surface area contributed by atoms with Crippen LogP contribution in [0.1, 0.15) is 36.5 Å². The summed E-state index contributed by atoms with van der Waals surface area (Å²) in [6.07, 6.45) is 2.67. The fourth-order valence-electron chi connectivity index (χ4n) is 1.28. The van der Waals surface area contributed by atoms with Gasteiger partial charge in [0.25, 0.3) is 0 Å². The molecule has 1 rings (SSSR count). The molecule has 0 amide bonds. The SMILES string of the molecule is CC(=O)c1ccc(SCCCCC#N)cc1. The highest BCUT2D eigenvalue weighted by Crippen LogP contribution is 2.20. The van der Waals surface area contributed by atoms with Crippen molar-refractivity contribution >= 4 is 17.5 Å². The van der Waals surface area contributed by atoms with Gasteiger partial charge in [0.15, 0.2) is 5.78 Å². The Morgan fingerprint density at radius 2 is 2.00 bits per heavy atom. The monoisotopic (exact) mass is 233 g/mol. The number of nitrogens with zero attached hydrogens (tertiary/aromatic N) is 1. The Labute approximate surface area is 101 Å². The van der Waals surface area contributed by atoms with Crippen LogP contribution in [0.3, 0.4) is 0 Å². The van der Waals surface area contributed by atoms with Gasteiger partial charge in [-0.2, -0.15) is 5.26 Å². The van der Waals surface area contributed by atoms with Gasteiger partial charge in [-0.25, -0.2) is 0 Å². The third-order valence-corrected chi connectivity index (χ3v) is 3.31. The Morgan fingerprint density at radius 3 is 2.56 bits per heavy atom. The maximum Gasteiger partial charge on any atom is 0.159 e. The van der Waals surface area contributed by atoms with Crippen LogP contribution in [0.4, 0.5) is 0 Å². The van der Waals surface area contributed by atoms with Crippen LogP contribution >= 0.6 is 11.8 Å². The first-order valence-corrected chi connectivity index (χ1v) is 6.33.